The first-order valence-corrected chi connectivity index (χ1v) is 14.8. The molecule has 3 aromatic carbocycles. The number of nitrogens with zero attached hydrogens (tertiary/aromatic N) is 3. The molecule has 6 rings (SSSR count). The summed E-state index contributed by atoms with van der Waals surface area (Å²) in [6.45, 7) is -0.0474. The maximum absolute atomic E-state index is 15.2. The molecule has 0 bridgehead atoms. The fourth-order valence-electron chi connectivity index (χ4n) is 5.18. The average molecular weight is 590 g/mol. The van der Waals surface area contributed by atoms with Crippen molar-refractivity contribution in [3.63, 3.8) is 0 Å². The first kappa shape index (κ1) is 27.5. The number of oxazole rings is 1. The highest BCUT2D eigenvalue weighted by Gasteiger charge is 2.30. The number of sulfonamides is 1. The molecule has 1 aliphatic carbocycles. The number of ether oxygens (including phenoxy) is 2. The number of anilines is 1. The minimum atomic E-state index is -4.17. The summed E-state index contributed by atoms with van der Waals surface area (Å²) in [6.07, 6.45) is 5.54. The predicted octanol–water partition coefficient (Wildman–Crippen LogP) is 5.80. The molecule has 0 spiro atoms. The van der Waals surface area contributed by atoms with E-state index in [4.69, 9.17) is 13.9 Å². The molecule has 1 fully saturated rings. The first-order valence-electron chi connectivity index (χ1n) is 13.4. The third kappa shape index (κ3) is 4.89. The van der Waals surface area contributed by atoms with Gasteiger partial charge in [-0.25, -0.2) is 22.1 Å². The van der Waals surface area contributed by atoms with E-state index in [-0.39, 0.29) is 29.1 Å². The number of rotatable bonds is 9. The van der Waals surface area contributed by atoms with Crippen molar-refractivity contribution in [2.75, 3.05) is 18.5 Å². The topological polar surface area (TPSA) is 104 Å². The van der Waals surface area contributed by atoms with E-state index in [0.29, 0.717) is 33.5 Å². The number of aromatic nitrogens is 2. The predicted molar refractivity (Wildman–Crippen MR) is 156 cm³/mol. The maximum atomic E-state index is 15.2. The minimum Gasteiger partial charge on any atom is -0.497 e. The Morgan fingerprint density at radius 2 is 1.81 bits per heavy atom. The number of pyridine rings is 1. The normalized spacial score (nSPS) is 13.6. The Hall–Kier alpha value is -4.64. The lowest BCUT2D eigenvalue weighted by molar-refractivity contribution is 0.390. The van der Waals surface area contributed by atoms with E-state index in [1.807, 2.05) is 0 Å². The Morgan fingerprint density at radius 3 is 2.45 bits per heavy atom. The molecular weight excluding hydrogens is 561 g/mol. The van der Waals surface area contributed by atoms with E-state index in [9.17, 15) is 13.2 Å². The van der Waals surface area contributed by atoms with Crippen LogP contribution in [0.1, 0.15) is 36.3 Å². The van der Waals surface area contributed by atoms with Crippen LogP contribution in [0.25, 0.3) is 16.6 Å². The van der Waals surface area contributed by atoms with Gasteiger partial charge >= 0.3 is 6.01 Å². The van der Waals surface area contributed by atoms with E-state index >= 15 is 4.39 Å². The summed E-state index contributed by atoms with van der Waals surface area (Å²) in [4.78, 5) is 17.2. The molecule has 5 aromatic rings. The summed E-state index contributed by atoms with van der Waals surface area (Å²) in [5, 5.41) is 0.456. The quantitative estimate of drug-likeness (QED) is 0.214. The van der Waals surface area contributed by atoms with Crippen LogP contribution < -0.4 is 19.3 Å². The van der Waals surface area contributed by atoms with Crippen LogP contribution in [0.15, 0.2) is 93.3 Å². The zero-order valence-electron chi connectivity index (χ0n) is 23.0. The van der Waals surface area contributed by atoms with Crippen LogP contribution in [0.3, 0.4) is 0 Å². The van der Waals surface area contributed by atoms with Crippen LogP contribution in [0.5, 0.6) is 11.5 Å². The van der Waals surface area contributed by atoms with Gasteiger partial charge in [-0.1, -0.05) is 18.6 Å². The lowest BCUT2D eigenvalue weighted by Crippen LogP contribution is -2.31. The standard InChI is InChI=1S/C31H28FN3O6S/c1-39-23-9-6-20(7-10-23)19-34(31-33-14-15-41-31)42(37,38)24-11-12-27-22(16-24)8-13-30(36)35(27)28-18-26(32)25(17-29(28)40-2)21-4-3-5-21/h6-18,21H,3-5,19H2,1-2H3. The fraction of sp³-hybridized carbons (Fsp3) is 0.226. The number of benzene rings is 3. The highest BCUT2D eigenvalue weighted by atomic mass is 32.2. The molecule has 42 heavy (non-hydrogen) atoms. The van der Waals surface area contributed by atoms with Crippen molar-refractivity contribution < 1.29 is 26.7 Å². The molecule has 0 unspecified atom stereocenters. The summed E-state index contributed by atoms with van der Waals surface area (Å²) in [5.41, 5.74) is 1.49. The van der Waals surface area contributed by atoms with Gasteiger partial charge in [-0.2, -0.15) is 0 Å². The number of hydrogen-bond donors (Lipinski definition) is 0. The number of hydrogen-bond acceptors (Lipinski definition) is 7. The van der Waals surface area contributed by atoms with Crippen LogP contribution in [-0.4, -0.2) is 32.2 Å². The van der Waals surface area contributed by atoms with E-state index in [1.165, 1.54) is 60.5 Å². The number of fused-ring (bicyclic) bond motifs is 1. The van der Waals surface area contributed by atoms with Crippen LogP contribution >= 0.6 is 0 Å². The second-order valence-corrected chi connectivity index (χ2v) is 11.9. The zero-order valence-corrected chi connectivity index (χ0v) is 23.8. The van der Waals surface area contributed by atoms with Gasteiger partial charge in [0.15, 0.2) is 0 Å². The van der Waals surface area contributed by atoms with Gasteiger partial charge in [-0.3, -0.25) is 9.36 Å². The average Bonchev–Trinajstić information content (AvgIpc) is 3.50. The minimum absolute atomic E-state index is 0.0367. The van der Waals surface area contributed by atoms with Crippen molar-refractivity contribution in [2.45, 2.75) is 36.6 Å². The van der Waals surface area contributed by atoms with Crippen LogP contribution in [0, 0.1) is 5.82 Å². The van der Waals surface area contributed by atoms with Crippen molar-refractivity contribution in [2.24, 2.45) is 0 Å². The first-order chi connectivity index (χ1) is 20.3. The fourth-order valence-corrected chi connectivity index (χ4v) is 6.57. The van der Waals surface area contributed by atoms with Gasteiger partial charge in [-0.05, 0) is 72.4 Å². The Morgan fingerprint density at radius 1 is 1.02 bits per heavy atom. The van der Waals surface area contributed by atoms with Crippen LogP contribution in [0.4, 0.5) is 10.4 Å². The third-order valence-corrected chi connectivity index (χ3v) is 9.37. The molecule has 0 atom stereocenters. The molecule has 2 aromatic heterocycles. The summed E-state index contributed by atoms with van der Waals surface area (Å²) in [6, 6.07) is 17.1. The maximum Gasteiger partial charge on any atom is 0.311 e. The van der Waals surface area contributed by atoms with Gasteiger partial charge < -0.3 is 13.9 Å². The summed E-state index contributed by atoms with van der Waals surface area (Å²) < 4.78 is 61.8. The van der Waals surface area contributed by atoms with Gasteiger partial charge in [0.1, 0.15) is 23.6 Å². The van der Waals surface area contributed by atoms with Crippen molar-refractivity contribution in [1.82, 2.24) is 9.55 Å². The number of methoxy groups -OCH3 is 2. The lowest BCUT2D eigenvalue weighted by Gasteiger charge is -2.27. The molecule has 0 radical (unpaired) electrons. The van der Waals surface area contributed by atoms with E-state index in [1.54, 1.807) is 37.4 Å². The second-order valence-electron chi connectivity index (χ2n) is 10.1. The van der Waals surface area contributed by atoms with Crippen molar-refractivity contribution in [3.05, 3.63) is 106 Å². The molecule has 1 aliphatic rings. The molecule has 2 heterocycles. The van der Waals surface area contributed by atoms with Crippen LogP contribution in [0.2, 0.25) is 0 Å². The Labute approximate surface area is 241 Å². The van der Waals surface area contributed by atoms with E-state index in [0.717, 1.165) is 23.6 Å². The molecule has 1 saturated carbocycles. The van der Waals surface area contributed by atoms with Gasteiger partial charge in [0.2, 0.25) is 0 Å². The monoisotopic (exact) mass is 589 g/mol. The molecule has 0 N–H and O–H groups in total. The summed E-state index contributed by atoms with van der Waals surface area (Å²) in [5.74, 6) is 0.728. The SMILES string of the molecule is COc1ccc(CN(c2ncco2)S(=O)(=O)c2ccc3c(ccc(=O)n3-c3cc(F)c(C4CCC4)cc3OC)c2)cc1. The smallest absolute Gasteiger partial charge is 0.311 e. The van der Waals surface area contributed by atoms with E-state index < -0.39 is 21.4 Å². The van der Waals surface area contributed by atoms with Gasteiger partial charge in [-0.15, -0.1) is 0 Å². The van der Waals surface area contributed by atoms with Gasteiger partial charge in [0.05, 0.1) is 43.1 Å². The molecule has 0 aliphatic heterocycles. The molecule has 11 heteroatoms. The van der Waals surface area contributed by atoms with Crippen molar-refractivity contribution >= 4 is 26.9 Å². The Balaban J connectivity index is 1.43. The Kier molecular flexibility index (Phi) is 7.19. The molecule has 0 saturated heterocycles. The zero-order chi connectivity index (χ0) is 29.4. The highest BCUT2D eigenvalue weighted by molar-refractivity contribution is 7.92. The lowest BCUT2D eigenvalue weighted by atomic mass is 9.79. The summed E-state index contributed by atoms with van der Waals surface area (Å²) in [7, 11) is -1.15. The van der Waals surface area contributed by atoms with Crippen molar-refractivity contribution in [3.8, 4) is 17.2 Å². The van der Waals surface area contributed by atoms with E-state index in [2.05, 4.69) is 4.98 Å². The van der Waals surface area contributed by atoms with Gasteiger partial charge in [0, 0.05) is 17.5 Å². The highest BCUT2D eigenvalue weighted by Crippen LogP contribution is 2.41. The second kappa shape index (κ2) is 11.0. The molecule has 216 valence electrons. The third-order valence-electron chi connectivity index (χ3n) is 7.66. The largest absolute Gasteiger partial charge is 0.497 e. The number of halogens is 1. The van der Waals surface area contributed by atoms with Crippen LogP contribution in [-0.2, 0) is 16.6 Å². The summed E-state index contributed by atoms with van der Waals surface area (Å²) >= 11 is 0. The molecule has 0 amide bonds. The molecular formula is C31H28FN3O6S. The Bertz CT molecular complexity index is 1920. The van der Waals surface area contributed by atoms with Crippen molar-refractivity contribution in [1.29, 1.82) is 0 Å². The van der Waals surface area contributed by atoms with Gasteiger partial charge in [0.25, 0.3) is 15.6 Å². The molecule has 9 nitrogen and oxygen atoms in total.